The molecule has 1 aromatic heterocycles. The van der Waals surface area contributed by atoms with Crippen LogP contribution in [0.25, 0.3) is 0 Å². The number of ether oxygens (including phenoxy) is 1. The maximum atomic E-state index is 12.4. The molecule has 3 rings (SSSR count). The van der Waals surface area contributed by atoms with Gasteiger partial charge in [0.25, 0.3) is 5.69 Å². The molecule has 3 N–H and O–H groups in total. The molecule has 160 valence electrons. The van der Waals surface area contributed by atoms with Crippen molar-refractivity contribution < 1.29 is 14.5 Å². The first-order chi connectivity index (χ1) is 14.7. The summed E-state index contributed by atoms with van der Waals surface area (Å²) < 4.78 is 5.22. The zero-order chi connectivity index (χ0) is 22.5. The smallest absolute Gasteiger partial charge is 0.338 e. The summed E-state index contributed by atoms with van der Waals surface area (Å²) in [4.78, 5) is 37.0. The maximum Gasteiger partial charge on any atom is 0.338 e. The second-order valence-electron chi connectivity index (χ2n) is 6.80. The van der Waals surface area contributed by atoms with Gasteiger partial charge in [-0.1, -0.05) is 18.2 Å². The summed E-state index contributed by atoms with van der Waals surface area (Å²) in [5.41, 5.74) is 7.74. The minimum absolute atomic E-state index is 0.0388. The van der Waals surface area contributed by atoms with Gasteiger partial charge < -0.3 is 20.7 Å². The molecule has 11 nitrogen and oxygen atoms in total. The number of hydrogen-bond donors (Lipinski definition) is 2. The molecule has 1 heterocycles. The molecule has 0 bridgehead atoms. The molecule has 0 aliphatic heterocycles. The molecule has 0 spiro atoms. The van der Waals surface area contributed by atoms with Gasteiger partial charge in [-0.15, -0.1) is 0 Å². The Morgan fingerprint density at radius 1 is 1.19 bits per heavy atom. The number of carbonyl (C=O) groups excluding carboxylic acids is 1. The summed E-state index contributed by atoms with van der Waals surface area (Å²) in [6.07, 6.45) is 0. The molecule has 0 aliphatic carbocycles. The van der Waals surface area contributed by atoms with Crippen molar-refractivity contribution in [3.8, 4) is 0 Å². The van der Waals surface area contributed by atoms with E-state index in [1.54, 1.807) is 19.0 Å². The summed E-state index contributed by atoms with van der Waals surface area (Å²) in [5.74, 6) is -0.445. The normalized spacial score (nSPS) is 10.4. The number of nitrogens with two attached hydrogens (primary N) is 1. The van der Waals surface area contributed by atoms with E-state index >= 15 is 0 Å². The van der Waals surface area contributed by atoms with E-state index in [9.17, 15) is 14.9 Å². The summed E-state index contributed by atoms with van der Waals surface area (Å²) in [7, 11) is 3.35. The van der Waals surface area contributed by atoms with Crippen LogP contribution in [0.3, 0.4) is 0 Å². The highest BCUT2D eigenvalue weighted by molar-refractivity contribution is 5.91. The number of para-hydroxylation sites is 1. The molecule has 0 radical (unpaired) electrons. The topological polar surface area (TPSA) is 149 Å². The number of esters is 1. The van der Waals surface area contributed by atoms with Crippen LogP contribution >= 0.6 is 0 Å². The number of nitrogens with one attached hydrogen (secondary N) is 1. The number of nitrogens with zero attached hydrogens (tertiary/aromatic N) is 5. The third-order valence-corrected chi connectivity index (χ3v) is 4.31. The number of nitro groups is 1. The van der Waals surface area contributed by atoms with E-state index in [1.165, 1.54) is 18.2 Å². The zero-order valence-corrected chi connectivity index (χ0v) is 17.2. The molecular formula is C20H21N7O4. The first-order valence-corrected chi connectivity index (χ1v) is 9.20. The average Bonchev–Trinajstić information content (AvgIpc) is 2.72. The van der Waals surface area contributed by atoms with Gasteiger partial charge in [0.05, 0.1) is 10.5 Å². The minimum Gasteiger partial charge on any atom is -0.454 e. The molecule has 31 heavy (non-hydrogen) atoms. The highest BCUT2D eigenvalue weighted by Gasteiger charge is 2.20. The fraction of sp³-hybridized carbons (Fsp3) is 0.200. The van der Waals surface area contributed by atoms with Gasteiger partial charge in [0.15, 0.2) is 12.4 Å². The quantitative estimate of drug-likeness (QED) is 0.330. The van der Waals surface area contributed by atoms with Gasteiger partial charge in [-0.25, -0.2) is 4.79 Å². The molecule has 0 saturated carbocycles. The van der Waals surface area contributed by atoms with Crippen molar-refractivity contribution in [2.24, 2.45) is 0 Å². The van der Waals surface area contributed by atoms with E-state index in [0.717, 1.165) is 11.3 Å². The van der Waals surface area contributed by atoms with Crippen molar-refractivity contribution in [3.05, 3.63) is 69.5 Å². The highest BCUT2D eigenvalue weighted by atomic mass is 16.6. The lowest BCUT2D eigenvalue weighted by molar-refractivity contribution is -0.384. The Morgan fingerprint density at radius 3 is 2.61 bits per heavy atom. The fourth-order valence-corrected chi connectivity index (χ4v) is 2.78. The molecule has 0 unspecified atom stereocenters. The van der Waals surface area contributed by atoms with E-state index < -0.39 is 10.9 Å². The van der Waals surface area contributed by atoms with Gasteiger partial charge >= 0.3 is 5.97 Å². The van der Waals surface area contributed by atoms with Crippen molar-refractivity contribution in [1.82, 2.24) is 15.0 Å². The number of benzene rings is 2. The van der Waals surface area contributed by atoms with Gasteiger partial charge in [0, 0.05) is 25.8 Å². The lowest BCUT2D eigenvalue weighted by Gasteiger charge is -2.13. The number of rotatable bonds is 7. The molecule has 0 amide bonds. The summed E-state index contributed by atoms with van der Waals surface area (Å²) in [6, 6.07) is 11.7. The van der Waals surface area contributed by atoms with Gasteiger partial charge in [0.2, 0.25) is 11.9 Å². The molecule has 3 aromatic rings. The highest BCUT2D eigenvalue weighted by Crippen LogP contribution is 2.28. The fourth-order valence-electron chi connectivity index (χ4n) is 2.78. The van der Waals surface area contributed by atoms with Crippen LogP contribution in [0.5, 0.6) is 0 Å². The third-order valence-electron chi connectivity index (χ3n) is 4.31. The largest absolute Gasteiger partial charge is 0.454 e. The molecule has 11 heteroatoms. The SMILES string of the molecule is Cc1ccccc1Nc1nc(N)nc(COC(=O)c2ccc(N(C)C)c([N+](=O)[O-])c2)n1. The Hall–Kier alpha value is -4.28. The lowest BCUT2D eigenvalue weighted by atomic mass is 10.1. The molecule has 0 aliphatic rings. The Kier molecular flexibility index (Phi) is 6.24. The average molecular weight is 423 g/mol. The number of anilines is 4. The van der Waals surface area contributed by atoms with Crippen molar-refractivity contribution in [2.45, 2.75) is 13.5 Å². The number of aromatic nitrogens is 3. The first-order valence-electron chi connectivity index (χ1n) is 9.20. The monoisotopic (exact) mass is 423 g/mol. The van der Waals surface area contributed by atoms with Crippen LogP contribution in [0, 0.1) is 17.0 Å². The van der Waals surface area contributed by atoms with Crippen LogP contribution in [0.1, 0.15) is 21.7 Å². The zero-order valence-electron chi connectivity index (χ0n) is 17.2. The maximum absolute atomic E-state index is 12.4. The Balaban J connectivity index is 1.74. The number of nitro benzene ring substituents is 1. The van der Waals surface area contributed by atoms with E-state index in [-0.39, 0.29) is 35.6 Å². The Bertz CT molecular complexity index is 1130. The van der Waals surface area contributed by atoms with E-state index in [4.69, 9.17) is 10.5 Å². The Labute approximate surface area is 178 Å². The Morgan fingerprint density at radius 2 is 1.94 bits per heavy atom. The van der Waals surface area contributed by atoms with Crippen molar-refractivity contribution in [2.75, 3.05) is 30.0 Å². The van der Waals surface area contributed by atoms with Gasteiger partial charge in [-0.05, 0) is 30.7 Å². The van der Waals surface area contributed by atoms with Crippen LogP contribution in [0.2, 0.25) is 0 Å². The number of nitrogen functional groups attached to an aromatic ring is 1. The first kappa shape index (κ1) is 21.4. The van der Waals surface area contributed by atoms with E-state index in [0.29, 0.717) is 5.69 Å². The number of carbonyl (C=O) groups is 1. The summed E-state index contributed by atoms with van der Waals surface area (Å²) in [5, 5.41) is 14.4. The molecule has 2 aromatic carbocycles. The summed E-state index contributed by atoms with van der Waals surface area (Å²) in [6.45, 7) is 1.65. The van der Waals surface area contributed by atoms with Crippen molar-refractivity contribution >= 4 is 34.9 Å². The van der Waals surface area contributed by atoms with Crippen LogP contribution in [0.4, 0.5) is 29.0 Å². The lowest BCUT2D eigenvalue weighted by Crippen LogP contribution is -2.13. The summed E-state index contributed by atoms with van der Waals surface area (Å²) >= 11 is 0. The second kappa shape index (κ2) is 9.03. The van der Waals surface area contributed by atoms with Gasteiger partial charge in [-0.2, -0.15) is 15.0 Å². The molecule has 0 fully saturated rings. The van der Waals surface area contributed by atoms with Crippen LogP contribution in [-0.4, -0.2) is 39.9 Å². The molecule has 0 atom stereocenters. The predicted molar refractivity (Wildman–Crippen MR) is 115 cm³/mol. The second-order valence-corrected chi connectivity index (χ2v) is 6.80. The minimum atomic E-state index is -0.749. The molecular weight excluding hydrogens is 402 g/mol. The predicted octanol–water partition coefficient (Wildman–Crippen LogP) is 2.84. The van der Waals surface area contributed by atoms with E-state index in [2.05, 4.69) is 20.3 Å². The van der Waals surface area contributed by atoms with Crippen LogP contribution < -0.4 is 16.0 Å². The van der Waals surface area contributed by atoms with Crippen LogP contribution in [-0.2, 0) is 11.3 Å². The molecule has 0 saturated heterocycles. The number of hydrogen-bond acceptors (Lipinski definition) is 10. The van der Waals surface area contributed by atoms with Crippen molar-refractivity contribution in [3.63, 3.8) is 0 Å². The van der Waals surface area contributed by atoms with Gasteiger partial charge in [0.1, 0.15) is 5.69 Å². The van der Waals surface area contributed by atoms with E-state index in [1.807, 2.05) is 31.2 Å². The van der Waals surface area contributed by atoms with Gasteiger partial charge in [-0.3, -0.25) is 10.1 Å². The van der Waals surface area contributed by atoms with Crippen LogP contribution in [0.15, 0.2) is 42.5 Å². The third kappa shape index (κ3) is 5.21. The number of aryl methyl sites for hydroxylation is 1. The van der Waals surface area contributed by atoms with Crippen molar-refractivity contribution in [1.29, 1.82) is 0 Å². The standard InChI is InChI=1S/C20H21N7O4/c1-12-6-4-5-7-14(12)22-20-24-17(23-19(21)25-20)11-31-18(28)13-8-9-15(26(2)3)16(10-13)27(29)30/h4-10H,11H2,1-3H3,(H3,21,22,23,24,25).